The minimum Gasteiger partial charge on any atom is -0.452 e. The molecule has 1 aromatic carbocycles. The van der Waals surface area contributed by atoms with Crippen molar-refractivity contribution in [2.45, 2.75) is 44.1 Å². The SMILES string of the molecule is C[C@@H](OC(=O)C1(c2ccc(F)cc2)CCCC1)C(=O)Nc1ccc(Cl)cn1. The molecule has 1 saturated carbocycles. The van der Waals surface area contributed by atoms with E-state index < -0.39 is 23.4 Å². The van der Waals surface area contributed by atoms with E-state index >= 15 is 0 Å². The van der Waals surface area contributed by atoms with Crippen molar-refractivity contribution in [2.24, 2.45) is 0 Å². The van der Waals surface area contributed by atoms with Gasteiger partial charge in [0.2, 0.25) is 0 Å². The second kappa shape index (κ2) is 8.05. The van der Waals surface area contributed by atoms with Gasteiger partial charge < -0.3 is 10.1 Å². The number of benzene rings is 1. The minimum atomic E-state index is -0.993. The van der Waals surface area contributed by atoms with Gasteiger partial charge >= 0.3 is 5.97 Å². The Hall–Kier alpha value is -2.47. The van der Waals surface area contributed by atoms with Crippen LogP contribution in [0.5, 0.6) is 0 Å². The third-order valence-corrected chi connectivity index (χ3v) is 5.10. The quantitative estimate of drug-likeness (QED) is 0.774. The van der Waals surface area contributed by atoms with Crippen molar-refractivity contribution in [3.63, 3.8) is 0 Å². The molecule has 1 aliphatic rings. The van der Waals surface area contributed by atoms with E-state index in [1.807, 2.05) is 0 Å². The highest BCUT2D eigenvalue weighted by Crippen LogP contribution is 2.42. The van der Waals surface area contributed by atoms with E-state index in [1.165, 1.54) is 25.3 Å². The van der Waals surface area contributed by atoms with Crippen LogP contribution in [0.2, 0.25) is 5.02 Å². The largest absolute Gasteiger partial charge is 0.452 e. The molecule has 2 aromatic rings. The Morgan fingerprint density at radius 2 is 1.85 bits per heavy atom. The number of pyridine rings is 1. The van der Waals surface area contributed by atoms with E-state index in [9.17, 15) is 14.0 Å². The molecule has 142 valence electrons. The standard InChI is InChI=1S/C20H20ClFN2O3/c1-13(18(25)24-17-9-6-15(21)12-23-17)27-19(26)20(10-2-3-11-20)14-4-7-16(22)8-5-14/h4-9,12-13H,2-3,10-11H2,1H3,(H,23,24,25)/t13-/m1/s1. The summed E-state index contributed by atoms with van der Waals surface area (Å²) in [4.78, 5) is 29.2. The molecule has 1 N–H and O–H groups in total. The fraction of sp³-hybridized carbons (Fsp3) is 0.350. The highest BCUT2D eigenvalue weighted by molar-refractivity contribution is 6.30. The molecule has 1 atom stereocenters. The van der Waals surface area contributed by atoms with Gasteiger partial charge in [0.1, 0.15) is 11.6 Å². The highest BCUT2D eigenvalue weighted by Gasteiger charge is 2.45. The van der Waals surface area contributed by atoms with Crippen molar-refractivity contribution in [1.82, 2.24) is 4.98 Å². The van der Waals surface area contributed by atoms with Crippen LogP contribution in [0.25, 0.3) is 0 Å². The number of esters is 1. The van der Waals surface area contributed by atoms with Crippen molar-refractivity contribution in [2.75, 3.05) is 5.32 Å². The maximum atomic E-state index is 13.3. The van der Waals surface area contributed by atoms with Crippen LogP contribution >= 0.6 is 11.6 Å². The van der Waals surface area contributed by atoms with Crippen LogP contribution in [0.15, 0.2) is 42.6 Å². The van der Waals surface area contributed by atoms with Crippen LogP contribution in [0.4, 0.5) is 10.2 Å². The van der Waals surface area contributed by atoms with Crippen molar-refractivity contribution in [3.05, 3.63) is 59.0 Å². The fourth-order valence-corrected chi connectivity index (χ4v) is 3.47. The van der Waals surface area contributed by atoms with E-state index in [2.05, 4.69) is 10.3 Å². The Labute approximate surface area is 161 Å². The summed E-state index contributed by atoms with van der Waals surface area (Å²) < 4.78 is 18.7. The third kappa shape index (κ3) is 4.27. The predicted octanol–water partition coefficient (Wildman–Crippen LogP) is 4.26. The number of aromatic nitrogens is 1. The van der Waals surface area contributed by atoms with Gasteiger partial charge in [0.25, 0.3) is 5.91 Å². The molecule has 1 fully saturated rings. The van der Waals surface area contributed by atoms with E-state index in [0.717, 1.165) is 18.4 Å². The van der Waals surface area contributed by atoms with E-state index in [1.54, 1.807) is 24.3 Å². The summed E-state index contributed by atoms with van der Waals surface area (Å²) in [5.74, 6) is -0.978. The molecular formula is C20H20ClFN2O3. The predicted molar refractivity (Wildman–Crippen MR) is 100.0 cm³/mol. The number of amides is 1. The van der Waals surface area contributed by atoms with Crippen LogP contribution in [0.1, 0.15) is 38.2 Å². The first kappa shape index (κ1) is 19.3. The number of ether oxygens (including phenoxy) is 1. The minimum absolute atomic E-state index is 0.321. The number of rotatable bonds is 5. The molecule has 3 rings (SSSR count). The first-order chi connectivity index (χ1) is 12.9. The molecule has 0 unspecified atom stereocenters. The monoisotopic (exact) mass is 390 g/mol. The lowest BCUT2D eigenvalue weighted by molar-refractivity contribution is -0.159. The number of carbonyl (C=O) groups excluding carboxylic acids is 2. The van der Waals surface area contributed by atoms with Gasteiger partial charge in [-0.3, -0.25) is 9.59 Å². The fourth-order valence-electron chi connectivity index (χ4n) is 3.36. The van der Waals surface area contributed by atoms with Crippen LogP contribution in [0.3, 0.4) is 0 Å². The van der Waals surface area contributed by atoms with E-state index in [-0.39, 0.29) is 5.82 Å². The number of carbonyl (C=O) groups is 2. The lowest BCUT2D eigenvalue weighted by atomic mass is 9.79. The number of halogens is 2. The van der Waals surface area contributed by atoms with Crippen LogP contribution in [-0.4, -0.2) is 23.0 Å². The molecule has 0 saturated heterocycles. The van der Waals surface area contributed by atoms with Crippen LogP contribution in [0, 0.1) is 5.82 Å². The Morgan fingerprint density at radius 1 is 1.19 bits per heavy atom. The normalized spacial score (nSPS) is 16.6. The van der Waals surface area contributed by atoms with Crippen molar-refractivity contribution < 1.29 is 18.7 Å². The number of nitrogens with zero attached hydrogens (tertiary/aromatic N) is 1. The Bertz CT molecular complexity index is 818. The van der Waals surface area contributed by atoms with Gasteiger partial charge in [0.05, 0.1) is 10.4 Å². The molecule has 0 aliphatic heterocycles. The Balaban J connectivity index is 1.70. The second-order valence-corrected chi connectivity index (χ2v) is 7.13. The van der Waals surface area contributed by atoms with Crippen molar-refractivity contribution in [3.8, 4) is 0 Å². The highest BCUT2D eigenvalue weighted by atomic mass is 35.5. The summed E-state index contributed by atoms with van der Waals surface area (Å²) in [6.07, 6.45) is 3.40. The van der Waals surface area contributed by atoms with Gasteiger partial charge in [-0.15, -0.1) is 0 Å². The lowest BCUT2D eigenvalue weighted by Gasteiger charge is -2.28. The Morgan fingerprint density at radius 3 is 2.44 bits per heavy atom. The zero-order valence-corrected chi connectivity index (χ0v) is 15.6. The molecule has 0 spiro atoms. The number of anilines is 1. The molecule has 1 aliphatic carbocycles. The van der Waals surface area contributed by atoms with Crippen molar-refractivity contribution >= 4 is 29.3 Å². The van der Waals surface area contributed by atoms with Gasteiger partial charge in [-0.25, -0.2) is 9.37 Å². The molecule has 1 amide bonds. The lowest BCUT2D eigenvalue weighted by Crippen LogP contribution is -2.40. The van der Waals surface area contributed by atoms with E-state index in [0.29, 0.717) is 23.7 Å². The summed E-state index contributed by atoms with van der Waals surface area (Å²) >= 11 is 5.77. The molecule has 1 heterocycles. The van der Waals surface area contributed by atoms with Gasteiger partial charge in [0.15, 0.2) is 6.10 Å². The van der Waals surface area contributed by atoms with Crippen LogP contribution < -0.4 is 5.32 Å². The smallest absolute Gasteiger partial charge is 0.317 e. The first-order valence-electron chi connectivity index (χ1n) is 8.80. The maximum absolute atomic E-state index is 13.3. The molecule has 0 radical (unpaired) electrons. The average Bonchev–Trinajstić information content (AvgIpc) is 3.15. The second-order valence-electron chi connectivity index (χ2n) is 6.69. The zero-order chi connectivity index (χ0) is 19.4. The molecule has 27 heavy (non-hydrogen) atoms. The zero-order valence-electron chi connectivity index (χ0n) is 14.9. The topological polar surface area (TPSA) is 68.3 Å². The number of nitrogens with one attached hydrogen (secondary N) is 1. The first-order valence-corrected chi connectivity index (χ1v) is 9.18. The third-order valence-electron chi connectivity index (χ3n) is 4.88. The van der Waals surface area contributed by atoms with E-state index in [4.69, 9.17) is 16.3 Å². The average molecular weight is 391 g/mol. The number of hydrogen-bond donors (Lipinski definition) is 1. The summed E-state index contributed by atoms with van der Waals surface area (Å²) in [6, 6.07) is 9.07. The van der Waals surface area contributed by atoms with Gasteiger partial charge in [-0.2, -0.15) is 0 Å². The molecule has 0 bridgehead atoms. The van der Waals surface area contributed by atoms with Gasteiger partial charge in [-0.05, 0) is 49.6 Å². The maximum Gasteiger partial charge on any atom is 0.317 e. The summed E-state index contributed by atoms with van der Waals surface area (Å²) in [6.45, 7) is 1.51. The molecule has 7 heteroatoms. The summed E-state index contributed by atoms with van der Waals surface area (Å²) in [5.41, 5.74) is -0.112. The number of hydrogen-bond acceptors (Lipinski definition) is 4. The molecule has 5 nitrogen and oxygen atoms in total. The summed E-state index contributed by atoms with van der Waals surface area (Å²) in [7, 11) is 0. The van der Waals surface area contributed by atoms with Crippen LogP contribution in [-0.2, 0) is 19.7 Å². The molecular weight excluding hydrogens is 371 g/mol. The van der Waals surface area contributed by atoms with Gasteiger partial charge in [-0.1, -0.05) is 36.6 Å². The summed E-state index contributed by atoms with van der Waals surface area (Å²) in [5, 5.41) is 3.04. The van der Waals surface area contributed by atoms with Gasteiger partial charge in [0, 0.05) is 6.20 Å². The molecule has 1 aromatic heterocycles. The Kier molecular flexibility index (Phi) is 5.75. The van der Waals surface area contributed by atoms with Crippen molar-refractivity contribution in [1.29, 1.82) is 0 Å².